The van der Waals surface area contributed by atoms with Crippen LogP contribution in [0.5, 0.6) is 0 Å². The van der Waals surface area contributed by atoms with Crippen molar-refractivity contribution < 1.29 is 4.79 Å². The number of aromatic nitrogens is 2. The highest BCUT2D eigenvalue weighted by Gasteiger charge is 2.20. The minimum absolute atomic E-state index is 0.00621. The van der Waals surface area contributed by atoms with Gasteiger partial charge in [0, 0.05) is 25.4 Å². The molecule has 0 aliphatic heterocycles. The molecule has 2 aromatic rings. The number of rotatable bonds is 3. The van der Waals surface area contributed by atoms with Gasteiger partial charge in [0.15, 0.2) is 0 Å². The summed E-state index contributed by atoms with van der Waals surface area (Å²) in [5.41, 5.74) is 0.221. The van der Waals surface area contributed by atoms with Crippen molar-refractivity contribution in [1.82, 2.24) is 14.9 Å². The van der Waals surface area contributed by atoms with E-state index in [1.54, 1.807) is 17.7 Å². The van der Waals surface area contributed by atoms with Crippen molar-refractivity contribution in [3.05, 3.63) is 40.4 Å². The van der Waals surface area contributed by atoms with Crippen molar-refractivity contribution in [2.45, 2.75) is 27.2 Å². The molecule has 0 saturated carbocycles. The lowest BCUT2D eigenvalue weighted by Gasteiger charge is -2.17. The van der Waals surface area contributed by atoms with E-state index in [4.69, 9.17) is 0 Å². The van der Waals surface area contributed by atoms with Gasteiger partial charge in [-0.3, -0.25) is 14.2 Å². The first-order valence-electron chi connectivity index (χ1n) is 7.03. The van der Waals surface area contributed by atoms with Crippen LogP contribution in [0.3, 0.4) is 0 Å². The maximum absolute atomic E-state index is 12.2. The molecule has 0 unspecified atom stereocenters. The van der Waals surface area contributed by atoms with Crippen LogP contribution in [0.1, 0.15) is 26.6 Å². The summed E-state index contributed by atoms with van der Waals surface area (Å²) in [7, 11) is 1.71. The number of para-hydroxylation sites is 1. The van der Waals surface area contributed by atoms with Gasteiger partial charge in [-0.15, -0.1) is 0 Å². The maximum Gasteiger partial charge on any atom is 0.261 e. The summed E-state index contributed by atoms with van der Waals surface area (Å²) < 4.78 is 1.55. The number of hydrogen-bond donors (Lipinski definition) is 1. The lowest BCUT2D eigenvalue weighted by atomic mass is 9.96. The van der Waals surface area contributed by atoms with Crippen molar-refractivity contribution in [2.75, 3.05) is 6.54 Å². The van der Waals surface area contributed by atoms with Gasteiger partial charge in [0.2, 0.25) is 5.91 Å². The molecule has 0 saturated heterocycles. The maximum atomic E-state index is 12.2. The van der Waals surface area contributed by atoms with Crippen molar-refractivity contribution in [1.29, 1.82) is 0 Å². The topological polar surface area (TPSA) is 64.0 Å². The van der Waals surface area contributed by atoms with Gasteiger partial charge in [0.1, 0.15) is 5.82 Å². The molecule has 21 heavy (non-hydrogen) atoms. The summed E-state index contributed by atoms with van der Waals surface area (Å²) in [6.45, 7) is 6.07. The predicted octanol–water partition coefficient (Wildman–Crippen LogP) is 1.64. The Kier molecular flexibility index (Phi) is 4.11. The number of hydrogen-bond acceptors (Lipinski definition) is 3. The molecule has 0 aliphatic carbocycles. The molecular weight excluding hydrogens is 266 g/mol. The van der Waals surface area contributed by atoms with Gasteiger partial charge in [0.05, 0.1) is 10.9 Å². The van der Waals surface area contributed by atoms with E-state index >= 15 is 0 Å². The third-order valence-corrected chi connectivity index (χ3v) is 3.39. The Morgan fingerprint density at radius 2 is 1.95 bits per heavy atom. The highest BCUT2D eigenvalue weighted by molar-refractivity contribution is 5.81. The highest BCUT2D eigenvalue weighted by Crippen LogP contribution is 2.12. The number of benzene rings is 1. The smallest absolute Gasteiger partial charge is 0.261 e. The molecule has 0 atom stereocenters. The van der Waals surface area contributed by atoms with Crippen LogP contribution in [-0.4, -0.2) is 22.0 Å². The van der Waals surface area contributed by atoms with E-state index in [9.17, 15) is 9.59 Å². The number of nitrogens with one attached hydrogen (secondary N) is 1. The molecular formula is C16H21N3O2. The zero-order chi connectivity index (χ0) is 15.6. The summed E-state index contributed by atoms with van der Waals surface area (Å²) in [5, 5.41) is 3.48. The molecule has 1 aromatic carbocycles. The van der Waals surface area contributed by atoms with Crippen molar-refractivity contribution in [2.24, 2.45) is 12.5 Å². The highest BCUT2D eigenvalue weighted by atomic mass is 16.2. The van der Waals surface area contributed by atoms with E-state index in [0.29, 0.717) is 29.7 Å². The zero-order valence-electron chi connectivity index (χ0n) is 12.9. The first-order chi connectivity index (χ1) is 9.80. The van der Waals surface area contributed by atoms with Crippen LogP contribution in [-0.2, 0) is 18.3 Å². The van der Waals surface area contributed by atoms with E-state index in [-0.39, 0.29) is 11.5 Å². The molecule has 112 valence electrons. The molecule has 0 aliphatic rings. The van der Waals surface area contributed by atoms with Crippen LogP contribution in [0.2, 0.25) is 0 Å². The van der Waals surface area contributed by atoms with E-state index in [1.165, 1.54) is 0 Å². The first-order valence-corrected chi connectivity index (χ1v) is 7.03. The van der Waals surface area contributed by atoms with Gasteiger partial charge in [-0.1, -0.05) is 32.9 Å². The molecule has 0 spiro atoms. The molecule has 5 nitrogen and oxygen atoms in total. The Bertz CT molecular complexity index is 726. The van der Waals surface area contributed by atoms with Crippen molar-refractivity contribution >= 4 is 16.8 Å². The average Bonchev–Trinajstić information content (AvgIpc) is 2.43. The van der Waals surface area contributed by atoms with Gasteiger partial charge in [0.25, 0.3) is 5.56 Å². The van der Waals surface area contributed by atoms with Crippen molar-refractivity contribution in [3.8, 4) is 0 Å². The second-order valence-electron chi connectivity index (χ2n) is 6.17. The summed E-state index contributed by atoms with van der Waals surface area (Å²) in [6.07, 6.45) is 0.526. The van der Waals surface area contributed by atoms with Gasteiger partial charge >= 0.3 is 0 Å². The van der Waals surface area contributed by atoms with Gasteiger partial charge in [-0.05, 0) is 12.1 Å². The second-order valence-corrected chi connectivity index (χ2v) is 6.17. The quantitative estimate of drug-likeness (QED) is 0.933. The van der Waals surface area contributed by atoms with E-state index < -0.39 is 5.41 Å². The fraction of sp³-hybridized carbons (Fsp3) is 0.438. The molecule has 0 bridgehead atoms. The summed E-state index contributed by atoms with van der Waals surface area (Å²) in [4.78, 5) is 28.6. The predicted molar refractivity (Wildman–Crippen MR) is 83.2 cm³/mol. The van der Waals surface area contributed by atoms with Crippen molar-refractivity contribution in [3.63, 3.8) is 0 Å². The van der Waals surface area contributed by atoms with Crippen LogP contribution in [0.4, 0.5) is 0 Å². The Balaban J connectivity index is 2.18. The monoisotopic (exact) mass is 287 g/mol. The Morgan fingerprint density at radius 1 is 1.29 bits per heavy atom. The molecule has 1 amide bonds. The molecule has 0 radical (unpaired) electrons. The number of fused-ring (bicyclic) bond motifs is 1. The summed E-state index contributed by atoms with van der Waals surface area (Å²) in [5.74, 6) is 0.668. The Morgan fingerprint density at radius 3 is 2.62 bits per heavy atom. The lowest BCUT2D eigenvalue weighted by Crippen LogP contribution is -2.36. The van der Waals surface area contributed by atoms with Crippen LogP contribution >= 0.6 is 0 Å². The third-order valence-electron chi connectivity index (χ3n) is 3.39. The summed E-state index contributed by atoms with van der Waals surface area (Å²) >= 11 is 0. The van der Waals surface area contributed by atoms with Crippen LogP contribution in [0.15, 0.2) is 29.1 Å². The zero-order valence-corrected chi connectivity index (χ0v) is 12.9. The number of carbonyl (C=O) groups excluding carboxylic acids is 1. The Hall–Kier alpha value is -2.17. The number of carbonyl (C=O) groups is 1. The lowest BCUT2D eigenvalue weighted by molar-refractivity contribution is -0.128. The molecule has 1 aromatic heterocycles. The van der Waals surface area contributed by atoms with E-state index in [2.05, 4.69) is 10.3 Å². The Labute approximate surface area is 124 Å². The molecule has 1 N–H and O–H groups in total. The minimum Gasteiger partial charge on any atom is -0.355 e. The van der Waals surface area contributed by atoms with Gasteiger partial charge in [-0.2, -0.15) is 0 Å². The summed E-state index contributed by atoms with van der Waals surface area (Å²) in [6, 6.07) is 7.29. The fourth-order valence-electron chi connectivity index (χ4n) is 2.04. The molecule has 2 rings (SSSR count). The number of amides is 1. The third kappa shape index (κ3) is 3.29. The van der Waals surface area contributed by atoms with Gasteiger partial charge < -0.3 is 5.32 Å². The largest absolute Gasteiger partial charge is 0.355 e. The van der Waals surface area contributed by atoms with E-state index in [0.717, 1.165) is 0 Å². The second kappa shape index (κ2) is 5.68. The normalized spacial score (nSPS) is 11.6. The SMILES string of the molecule is Cn1c(CCNC(=O)C(C)(C)C)nc2ccccc2c1=O. The van der Waals surface area contributed by atoms with Crippen LogP contribution < -0.4 is 10.9 Å². The number of nitrogens with zero attached hydrogens (tertiary/aromatic N) is 2. The van der Waals surface area contributed by atoms with Crippen LogP contribution in [0.25, 0.3) is 10.9 Å². The first kappa shape index (κ1) is 15.2. The average molecular weight is 287 g/mol. The molecule has 0 fully saturated rings. The van der Waals surface area contributed by atoms with Gasteiger partial charge in [-0.25, -0.2) is 4.98 Å². The van der Waals surface area contributed by atoms with E-state index in [1.807, 2.05) is 39.0 Å². The standard InChI is InChI=1S/C16H21N3O2/c1-16(2,3)15(21)17-10-9-13-18-12-8-6-5-7-11(12)14(20)19(13)4/h5-8H,9-10H2,1-4H3,(H,17,21). The molecule has 5 heteroatoms. The molecule has 1 heterocycles. The fourth-order valence-corrected chi connectivity index (χ4v) is 2.04. The van der Waals surface area contributed by atoms with Crippen LogP contribution in [0, 0.1) is 5.41 Å². The minimum atomic E-state index is -0.414.